The Kier molecular flexibility index (Phi) is 7.63. The summed E-state index contributed by atoms with van der Waals surface area (Å²) < 4.78 is 5.48. The molecule has 0 spiro atoms. The summed E-state index contributed by atoms with van der Waals surface area (Å²) in [6.07, 6.45) is 1.06. The number of carbonyl (C=O) groups is 2. The fraction of sp³-hybridized carbons (Fsp3) is 0.143. The standard InChI is InChI=1S/C12H12ClN3O2.C9H7N3O5/c13-16-6-8-3-1-2-7(4-8)5-15-10-9(14)11(17)12(10)18;1-17-8(16)5-2-4(7(14)15)11-9-10-3-6(13)12(5)9/h1-4,15-16H,5-6,14H2;2-3,13H,1H3,(H,14,15). The van der Waals surface area contributed by atoms with Crippen molar-refractivity contribution < 1.29 is 24.5 Å². The lowest BCUT2D eigenvalue weighted by molar-refractivity contribution is 0.0591. The number of ether oxygens (including phenoxy) is 1. The number of rotatable bonds is 7. The number of halogens is 1. The lowest BCUT2D eigenvalue weighted by Crippen LogP contribution is -2.36. The number of aromatic hydroxyl groups is 1. The molecule has 0 aliphatic rings. The number of carboxylic acid groups (broad SMARTS) is 1. The lowest BCUT2D eigenvalue weighted by Gasteiger charge is -2.10. The molecule has 0 radical (unpaired) electrons. The molecule has 0 unspecified atom stereocenters. The van der Waals surface area contributed by atoms with Crippen LogP contribution in [-0.2, 0) is 17.8 Å². The average Bonchev–Trinajstić information content (AvgIpc) is 3.24. The number of aromatic nitrogens is 3. The maximum absolute atomic E-state index is 11.4. The Labute approximate surface area is 201 Å². The number of carbonyl (C=O) groups excluding carboxylic acids is 1. The molecule has 2 aromatic heterocycles. The molecule has 0 amide bonds. The van der Waals surface area contributed by atoms with E-state index >= 15 is 0 Å². The quantitative estimate of drug-likeness (QED) is 0.134. The molecule has 0 fully saturated rings. The van der Waals surface area contributed by atoms with Gasteiger partial charge in [0.15, 0.2) is 5.69 Å². The van der Waals surface area contributed by atoms with Gasteiger partial charge < -0.3 is 26.0 Å². The summed E-state index contributed by atoms with van der Waals surface area (Å²) in [5.41, 5.74) is 5.96. The van der Waals surface area contributed by atoms with Gasteiger partial charge in [0.25, 0.3) is 10.9 Å². The normalized spacial score (nSPS) is 10.6. The minimum atomic E-state index is -1.31. The van der Waals surface area contributed by atoms with E-state index in [0.29, 0.717) is 13.1 Å². The van der Waals surface area contributed by atoms with E-state index in [1.165, 1.54) is 0 Å². The monoisotopic (exact) mass is 502 g/mol. The molecule has 0 aliphatic carbocycles. The fourth-order valence-corrected chi connectivity index (χ4v) is 3.20. The van der Waals surface area contributed by atoms with Gasteiger partial charge >= 0.3 is 11.9 Å². The smallest absolute Gasteiger partial charge is 0.355 e. The molecule has 4 rings (SSSR count). The van der Waals surface area contributed by atoms with Gasteiger partial charge in [0, 0.05) is 19.2 Å². The van der Waals surface area contributed by atoms with Crippen LogP contribution in [-0.4, -0.2) is 43.6 Å². The van der Waals surface area contributed by atoms with Crippen LogP contribution in [0, 0.1) is 0 Å². The number of fused-ring (bicyclic) bond motifs is 1. The van der Waals surface area contributed by atoms with Gasteiger partial charge in [-0.2, -0.15) is 0 Å². The lowest BCUT2D eigenvalue weighted by atomic mass is 10.1. The summed E-state index contributed by atoms with van der Waals surface area (Å²) in [5, 5.41) is 21.2. The third kappa shape index (κ3) is 5.37. The van der Waals surface area contributed by atoms with Gasteiger partial charge in [-0.25, -0.2) is 28.8 Å². The number of hydrogen-bond acceptors (Lipinski definition) is 11. The number of nitrogens with one attached hydrogen (secondary N) is 2. The molecular weight excluding hydrogens is 484 g/mol. The predicted molar refractivity (Wildman–Crippen MR) is 125 cm³/mol. The molecule has 182 valence electrons. The average molecular weight is 503 g/mol. The fourth-order valence-electron chi connectivity index (χ4n) is 3.04. The number of hydrogen-bond donors (Lipinski definition) is 5. The number of nitrogens with two attached hydrogens (primary N) is 1. The maximum atomic E-state index is 11.4. The van der Waals surface area contributed by atoms with Gasteiger partial charge in [-0.1, -0.05) is 24.3 Å². The number of anilines is 2. The summed E-state index contributed by atoms with van der Waals surface area (Å²) in [5.74, 6) is -2.53. The van der Waals surface area contributed by atoms with Crippen molar-refractivity contribution in [2.24, 2.45) is 0 Å². The van der Waals surface area contributed by atoms with E-state index in [0.717, 1.165) is 34.9 Å². The summed E-state index contributed by atoms with van der Waals surface area (Å²) in [6, 6.07) is 8.69. The maximum Gasteiger partial charge on any atom is 0.355 e. The van der Waals surface area contributed by atoms with Gasteiger partial charge in [-0.3, -0.25) is 9.59 Å². The first-order valence-electron chi connectivity index (χ1n) is 9.81. The highest BCUT2D eigenvalue weighted by Gasteiger charge is 2.19. The van der Waals surface area contributed by atoms with E-state index in [1.54, 1.807) is 0 Å². The Hall–Kier alpha value is -4.49. The SMILES string of the molecule is COC(=O)c1cc(C(=O)O)nc2ncc(O)n12.Nc1c(NCc2cccc(CNCl)c2)c(=O)c1=O. The number of imidazole rings is 1. The Morgan fingerprint density at radius 1 is 1.17 bits per heavy atom. The van der Waals surface area contributed by atoms with Crippen LogP contribution < -0.4 is 26.7 Å². The number of esters is 1. The molecule has 2 aromatic carbocycles. The van der Waals surface area contributed by atoms with Crippen LogP contribution in [0.5, 0.6) is 5.88 Å². The van der Waals surface area contributed by atoms with Crippen LogP contribution in [0.2, 0.25) is 0 Å². The summed E-state index contributed by atoms with van der Waals surface area (Å²) in [4.78, 5) is 54.2. The largest absolute Gasteiger partial charge is 0.493 e. The second kappa shape index (κ2) is 10.6. The van der Waals surface area contributed by atoms with Gasteiger partial charge in [-0.15, -0.1) is 0 Å². The van der Waals surface area contributed by atoms with Crippen molar-refractivity contribution in [1.29, 1.82) is 0 Å². The van der Waals surface area contributed by atoms with Crippen LogP contribution in [0.1, 0.15) is 32.1 Å². The zero-order chi connectivity index (χ0) is 25.7. The van der Waals surface area contributed by atoms with Crippen LogP contribution in [0.25, 0.3) is 5.78 Å². The van der Waals surface area contributed by atoms with Crippen molar-refractivity contribution in [1.82, 2.24) is 19.2 Å². The Bertz CT molecular complexity index is 1480. The first-order chi connectivity index (χ1) is 16.7. The third-order valence-corrected chi connectivity index (χ3v) is 4.89. The Balaban J connectivity index is 0.000000196. The van der Waals surface area contributed by atoms with Crippen molar-refractivity contribution in [2.45, 2.75) is 13.1 Å². The van der Waals surface area contributed by atoms with E-state index < -0.39 is 22.8 Å². The molecule has 0 saturated heterocycles. The third-order valence-electron chi connectivity index (χ3n) is 4.75. The highest BCUT2D eigenvalue weighted by molar-refractivity contribution is 6.13. The highest BCUT2D eigenvalue weighted by Crippen LogP contribution is 2.16. The molecule has 0 atom stereocenters. The zero-order valence-corrected chi connectivity index (χ0v) is 18.9. The molecule has 0 aliphatic heterocycles. The topological polar surface area (TPSA) is 198 Å². The van der Waals surface area contributed by atoms with Crippen LogP contribution in [0.4, 0.5) is 11.4 Å². The number of nitrogen functional groups attached to an aromatic ring is 1. The molecule has 13 nitrogen and oxygen atoms in total. The second-order valence-corrected chi connectivity index (χ2v) is 7.27. The molecular formula is C21H19ClN6O7. The van der Waals surface area contributed by atoms with E-state index in [-0.39, 0.29) is 34.4 Å². The van der Waals surface area contributed by atoms with Crippen molar-refractivity contribution >= 4 is 40.9 Å². The summed E-state index contributed by atoms with van der Waals surface area (Å²) in [7, 11) is 1.14. The number of nitrogens with zero attached hydrogens (tertiary/aromatic N) is 3. The predicted octanol–water partition coefficient (Wildman–Crippen LogP) is 0.640. The van der Waals surface area contributed by atoms with Crippen molar-refractivity contribution in [2.75, 3.05) is 18.2 Å². The molecule has 2 heterocycles. The molecule has 4 aromatic rings. The second-order valence-electron chi connectivity index (χ2n) is 7.01. The van der Waals surface area contributed by atoms with Crippen LogP contribution in [0.15, 0.2) is 46.1 Å². The molecule has 0 bridgehead atoms. The Morgan fingerprint density at radius 3 is 2.46 bits per heavy atom. The first-order valence-corrected chi connectivity index (χ1v) is 10.2. The molecule has 6 N–H and O–H groups in total. The van der Waals surface area contributed by atoms with Gasteiger partial charge in [0.05, 0.1) is 13.3 Å². The first kappa shape index (κ1) is 25.1. The number of methoxy groups -OCH3 is 1. The van der Waals surface area contributed by atoms with E-state index in [2.05, 4.69) is 24.9 Å². The summed E-state index contributed by atoms with van der Waals surface area (Å²) in [6.45, 7) is 0.989. The van der Waals surface area contributed by atoms with Gasteiger partial charge in [0.2, 0.25) is 11.7 Å². The Morgan fingerprint density at radius 2 is 1.86 bits per heavy atom. The van der Waals surface area contributed by atoms with Crippen molar-refractivity contribution in [3.05, 3.63) is 79.5 Å². The zero-order valence-electron chi connectivity index (χ0n) is 18.1. The molecule has 14 heteroatoms. The number of carboxylic acids is 1. The minimum absolute atomic E-state index is 0.0126. The number of benzene rings is 1. The highest BCUT2D eigenvalue weighted by atomic mass is 35.5. The van der Waals surface area contributed by atoms with Crippen LogP contribution in [0.3, 0.4) is 0 Å². The van der Waals surface area contributed by atoms with E-state index in [4.69, 9.17) is 22.6 Å². The molecule has 0 saturated carbocycles. The van der Waals surface area contributed by atoms with E-state index in [9.17, 15) is 24.3 Å². The minimum Gasteiger partial charge on any atom is -0.493 e. The van der Waals surface area contributed by atoms with Crippen molar-refractivity contribution in [3.63, 3.8) is 0 Å². The van der Waals surface area contributed by atoms with Crippen molar-refractivity contribution in [3.8, 4) is 5.88 Å². The van der Waals surface area contributed by atoms with E-state index in [1.807, 2.05) is 24.3 Å². The van der Waals surface area contributed by atoms with Gasteiger partial charge in [-0.05, 0) is 22.9 Å². The van der Waals surface area contributed by atoms with Crippen LogP contribution >= 0.6 is 11.8 Å². The van der Waals surface area contributed by atoms with Gasteiger partial charge in [0.1, 0.15) is 17.1 Å². The number of aromatic carboxylic acids is 1. The summed E-state index contributed by atoms with van der Waals surface area (Å²) >= 11 is 5.43. The molecule has 35 heavy (non-hydrogen) atoms.